The fourth-order valence-electron chi connectivity index (χ4n) is 3.83. The number of sulfone groups is 1. The van der Waals surface area contributed by atoms with Crippen molar-refractivity contribution in [2.75, 3.05) is 0 Å². The summed E-state index contributed by atoms with van der Waals surface area (Å²) in [5.41, 5.74) is 1.11. The molecule has 0 N–H and O–H groups in total. The number of Topliss-reactive ketones (excluding diaryl/α,β-unsaturated/α-hetero) is 1. The first-order valence-electron chi connectivity index (χ1n) is 10.0. The third-order valence-electron chi connectivity index (χ3n) is 5.41. The minimum Gasteiger partial charge on any atom is -0.475 e. The SMILES string of the molecule is Cc1ccc(S(=O)(=O)C2=C(C(F)(F)F)O[C@@H](C(=O)c3ccccc3)[C@@H]2c2ccccc2)cc1. The third-order valence-corrected chi connectivity index (χ3v) is 7.32. The zero-order chi connectivity index (χ0) is 23.8. The van der Waals surface area contributed by atoms with Gasteiger partial charge < -0.3 is 4.74 Å². The first-order chi connectivity index (χ1) is 15.6. The number of allylic oxidation sites excluding steroid dienone is 1. The summed E-state index contributed by atoms with van der Waals surface area (Å²) in [6, 6.07) is 21.0. The third kappa shape index (κ3) is 4.30. The van der Waals surface area contributed by atoms with Gasteiger partial charge in [-0.15, -0.1) is 0 Å². The van der Waals surface area contributed by atoms with Crippen LogP contribution in [0.5, 0.6) is 0 Å². The van der Waals surface area contributed by atoms with Gasteiger partial charge in [0.1, 0.15) is 4.91 Å². The van der Waals surface area contributed by atoms with Crippen LogP contribution < -0.4 is 0 Å². The maximum Gasteiger partial charge on any atom is 0.450 e. The molecule has 0 saturated heterocycles. The van der Waals surface area contributed by atoms with Gasteiger partial charge in [-0.3, -0.25) is 4.79 Å². The van der Waals surface area contributed by atoms with Crippen LogP contribution in [0.1, 0.15) is 27.4 Å². The van der Waals surface area contributed by atoms with Crippen LogP contribution in [0.15, 0.2) is 100 Å². The number of aryl methyl sites for hydroxylation is 1. The average molecular weight is 472 g/mol. The molecular weight excluding hydrogens is 453 g/mol. The van der Waals surface area contributed by atoms with E-state index in [2.05, 4.69) is 0 Å². The first-order valence-corrected chi connectivity index (χ1v) is 11.5. The molecule has 0 saturated carbocycles. The van der Waals surface area contributed by atoms with Crippen LogP contribution in [0.3, 0.4) is 0 Å². The molecule has 3 aromatic rings. The van der Waals surface area contributed by atoms with Crippen molar-refractivity contribution in [3.05, 3.63) is 112 Å². The van der Waals surface area contributed by atoms with Gasteiger partial charge in [0.25, 0.3) is 0 Å². The van der Waals surface area contributed by atoms with Crippen LogP contribution >= 0.6 is 0 Å². The Kier molecular flexibility index (Phi) is 5.88. The Bertz CT molecular complexity index is 1300. The summed E-state index contributed by atoms with van der Waals surface area (Å²) < 4.78 is 74.5. The number of rotatable bonds is 5. The molecule has 1 aliphatic heterocycles. The fourth-order valence-corrected chi connectivity index (χ4v) is 5.58. The van der Waals surface area contributed by atoms with Crippen LogP contribution in [-0.4, -0.2) is 26.5 Å². The van der Waals surface area contributed by atoms with E-state index in [9.17, 15) is 26.4 Å². The van der Waals surface area contributed by atoms with Gasteiger partial charge in [-0.2, -0.15) is 13.2 Å². The highest BCUT2D eigenvalue weighted by molar-refractivity contribution is 7.95. The first kappa shape index (κ1) is 22.8. The second kappa shape index (κ2) is 8.51. The molecule has 170 valence electrons. The molecule has 8 heteroatoms. The smallest absolute Gasteiger partial charge is 0.450 e. The quantitative estimate of drug-likeness (QED) is 0.453. The molecular formula is C25H19F3O4S. The summed E-state index contributed by atoms with van der Waals surface area (Å²) in [4.78, 5) is 12.0. The maximum atomic E-state index is 14.1. The molecule has 33 heavy (non-hydrogen) atoms. The van der Waals surface area contributed by atoms with Gasteiger partial charge in [0.2, 0.25) is 21.4 Å². The number of ketones is 1. The monoisotopic (exact) mass is 472 g/mol. The van der Waals surface area contributed by atoms with Crippen LogP contribution in [0.25, 0.3) is 0 Å². The molecule has 0 bridgehead atoms. The number of ether oxygens (including phenoxy) is 1. The van der Waals surface area contributed by atoms with Crippen molar-refractivity contribution >= 4 is 15.6 Å². The highest BCUT2D eigenvalue weighted by atomic mass is 32.2. The molecule has 0 radical (unpaired) electrons. The van der Waals surface area contributed by atoms with E-state index >= 15 is 0 Å². The van der Waals surface area contributed by atoms with Crippen molar-refractivity contribution in [1.82, 2.24) is 0 Å². The Morgan fingerprint density at radius 2 is 1.39 bits per heavy atom. The number of halogens is 3. The number of hydrogen-bond acceptors (Lipinski definition) is 4. The van der Waals surface area contributed by atoms with Gasteiger partial charge in [0.15, 0.2) is 6.10 Å². The summed E-state index contributed by atoms with van der Waals surface area (Å²) in [5.74, 6) is -3.87. The zero-order valence-corrected chi connectivity index (χ0v) is 18.2. The van der Waals surface area contributed by atoms with Crippen molar-refractivity contribution < 1.29 is 31.1 Å². The fraction of sp³-hybridized carbons (Fsp3) is 0.160. The Balaban J connectivity index is 1.95. The van der Waals surface area contributed by atoms with Crippen LogP contribution in [0.4, 0.5) is 13.2 Å². The Hall–Kier alpha value is -3.39. The summed E-state index contributed by atoms with van der Waals surface area (Å²) >= 11 is 0. The topological polar surface area (TPSA) is 60.4 Å². The second-order valence-electron chi connectivity index (χ2n) is 7.66. The summed E-state index contributed by atoms with van der Waals surface area (Å²) in [7, 11) is -4.65. The van der Waals surface area contributed by atoms with E-state index in [1.807, 2.05) is 0 Å². The number of alkyl halides is 3. The Morgan fingerprint density at radius 1 is 0.848 bits per heavy atom. The standard InChI is InChI=1S/C25H19F3O4S/c1-16-12-14-19(15-13-16)33(30,31)23-20(17-8-4-2-5-9-17)22(32-24(23)25(26,27)28)21(29)18-10-6-3-7-11-18/h2-15,20,22H,1H3/t20-,22+/m0/s1. The lowest BCUT2D eigenvalue weighted by Gasteiger charge is -2.21. The van der Waals surface area contributed by atoms with E-state index in [1.165, 1.54) is 48.5 Å². The highest BCUT2D eigenvalue weighted by Gasteiger charge is 2.55. The van der Waals surface area contributed by atoms with Crippen molar-refractivity contribution in [3.63, 3.8) is 0 Å². The summed E-state index contributed by atoms with van der Waals surface area (Å²) in [6.07, 6.45) is -6.81. The maximum absolute atomic E-state index is 14.1. The van der Waals surface area contributed by atoms with E-state index in [1.54, 1.807) is 43.3 Å². The second-order valence-corrected chi connectivity index (χ2v) is 9.58. The van der Waals surface area contributed by atoms with E-state index in [-0.39, 0.29) is 16.0 Å². The molecule has 0 aromatic heterocycles. The molecule has 0 unspecified atom stereocenters. The largest absolute Gasteiger partial charge is 0.475 e. The van der Waals surface area contributed by atoms with Gasteiger partial charge in [0, 0.05) is 5.56 Å². The lowest BCUT2D eigenvalue weighted by molar-refractivity contribution is -0.131. The van der Waals surface area contributed by atoms with Crippen molar-refractivity contribution in [2.24, 2.45) is 0 Å². The van der Waals surface area contributed by atoms with E-state index in [0.717, 1.165) is 5.56 Å². The minimum atomic E-state index is -5.12. The molecule has 0 aliphatic carbocycles. The number of hydrogen-bond donors (Lipinski definition) is 0. The number of carbonyl (C=O) groups excluding carboxylic acids is 1. The molecule has 1 heterocycles. The lowest BCUT2D eigenvalue weighted by Crippen LogP contribution is -2.29. The Morgan fingerprint density at radius 3 is 1.94 bits per heavy atom. The molecule has 3 aromatic carbocycles. The van der Waals surface area contributed by atoms with E-state index < -0.39 is 44.5 Å². The molecule has 4 rings (SSSR count). The van der Waals surface area contributed by atoms with Crippen molar-refractivity contribution in [3.8, 4) is 0 Å². The number of benzene rings is 3. The predicted octanol–water partition coefficient (Wildman–Crippen LogP) is 5.61. The normalized spacial score (nSPS) is 18.8. The Labute approximate surface area is 189 Å². The van der Waals surface area contributed by atoms with Crippen molar-refractivity contribution in [2.45, 2.75) is 30.0 Å². The van der Waals surface area contributed by atoms with Gasteiger partial charge in [-0.1, -0.05) is 78.4 Å². The molecule has 0 fully saturated rings. The summed E-state index contributed by atoms with van der Waals surface area (Å²) in [6.45, 7) is 1.73. The van der Waals surface area contributed by atoms with Gasteiger partial charge in [0.05, 0.1) is 10.8 Å². The molecule has 0 amide bonds. The summed E-state index contributed by atoms with van der Waals surface area (Å²) in [5, 5.41) is 0. The number of carbonyl (C=O) groups is 1. The molecule has 1 aliphatic rings. The lowest BCUT2D eigenvalue weighted by atomic mass is 9.89. The van der Waals surface area contributed by atoms with Crippen LogP contribution in [-0.2, 0) is 14.6 Å². The van der Waals surface area contributed by atoms with E-state index in [4.69, 9.17) is 4.74 Å². The minimum absolute atomic E-state index is 0.124. The van der Waals surface area contributed by atoms with Gasteiger partial charge in [-0.25, -0.2) is 8.42 Å². The molecule has 0 spiro atoms. The zero-order valence-electron chi connectivity index (χ0n) is 17.4. The molecule has 2 atom stereocenters. The van der Waals surface area contributed by atoms with Crippen LogP contribution in [0, 0.1) is 6.92 Å². The van der Waals surface area contributed by atoms with Crippen LogP contribution in [0.2, 0.25) is 0 Å². The highest BCUT2D eigenvalue weighted by Crippen LogP contribution is 2.49. The molecule has 4 nitrogen and oxygen atoms in total. The van der Waals surface area contributed by atoms with Crippen molar-refractivity contribution in [1.29, 1.82) is 0 Å². The average Bonchev–Trinajstić information content (AvgIpc) is 3.22. The van der Waals surface area contributed by atoms with Gasteiger partial charge >= 0.3 is 6.18 Å². The van der Waals surface area contributed by atoms with E-state index in [0.29, 0.717) is 0 Å². The predicted molar refractivity (Wildman–Crippen MR) is 116 cm³/mol. The van der Waals surface area contributed by atoms with Gasteiger partial charge in [-0.05, 0) is 24.6 Å².